The van der Waals surface area contributed by atoms with Gasteiger partial charge in [-0.2, -0.15) is 0 Å². The Labute approximate surface area is 113 Å². The molecule has 100 valence electrons. The van der Waals surface area contributed by atoms with Crippen LogP contribution in [0.25, 0.3) is 0 Å². The first kappa shape index (κ1) is 13.8. The zero-order valence-electron chi connectivity index (χ0n) is 10.8. The summed E-state index contributed by atoms with van der Waals surface area (Å²) in [6.45, 7) is 4.02. The van der Waals surface area contributed by atoms with Crippen LogP contribution in [0.1, 0.15) is 18.4 Å². The van der Waals surface area contributed by atoms with E-state index in [0.29, 0.717) is 10.9 Å². The maximum Gasteiger partial charge on any atom is 0.125 e. The van der Waals surface area contributed by atoms with Crippen molar-refractivity contribution in [2.24, 2.45) is 5.92 Å². The van der Waals surface area contributed by atoms with E-state index in [1.54, 1.807) is 6.07 Å². The Morgan fingerprint density at radius 1 is 1.44 bits per heavy atom. The number of halogens is 2. The second kappa shape index (κ2) is 6.50. The average molecular weight is 271 g/mol. The molecule has 1 saturated heterocycles. The highest BCUT2D eigenvalue weighted by atomic mass is 35.5. The molecule has 0 saturated carbocycles. The number of piperidine rings is 1. The van der Waals surface area contributed by atoms with Crippen LogP contribution in [0.4, 0.5) is 4.39 Å². The predicted octanol–water partition coefficient (Wildman–Crippen LogP) is 2.91. The van der Waals surface area contributed by atoms with Gasteiger partial charge in [-0.05, 0) is 62.7 Å². The van der Waals surface area contributed by atoms with Crippen LogP contribution >= 0.6 is 11.6 Å². The summed E-state index contributed by atoms with van der Waals surface area (Å²) >= 11 is 5.88. The van der Waals surface area contributed by atoms with E-state index in [2.05, 4.69) is 10.2 Å². The Morgan fingerprint density at radius 3 is 3.00 bits per heavy atom. The first-order valence-electron chi connectivity index (χ1n) is 6.49. The maximum absolute atomic E-state index is 13.3. The third kappa shape index (κ3) is 3.94. The summed E-state index contributed by atoms with van der Waals surface area (Å²) in [6, 6.07) is 4.78. The molecule has 1 fully saturated rings. The minimum atomic E-state index is -0.249. The van der Waals surface area contributed by atoms with Gasteiger partial charge in [0.15, 0.2) is 0 Å². The Bertz CT molecular complexity index is 375. The van der Waals surface area contributed by atoms with Crippen LogP contribution in [0.15, 0.2) is 18.2 Å². The first-order valence-corrected chi connectivity index (χ1v) is 6.87. The number of likely N-dealkylation sites (tertiary alicyclic amines) is 1. The van der Waals surface area contributed by atoms with E-state index in [-0.39, 0.29) is 5.82 Å². The van der Waals surface area contributed by atoms with Crippen LogP contribution in [0.3, 0.4) is 0 Å². The van der Waals surface area contributed by atoms with E-state index in [4.69, 9.17) is 11.6 Å². The third-order valence-electron chi connectivity index (χ3n) is 3.42. The maximum atomic E-state index is 13.3. The van der Waals surface area contributed by atoms with Gasteiger partial charge >= 0.3 is 0 Å². The second-order valence-electron chi connectivity index (χ2n) is 5.08. The molecule has 1 aliphatic rings. The van der Waals surface area contributed by atoms with Crippen molar-refractivity contribution in [1.29, 1.82) is 0 Å². The molecule has 0 amide bonds. The lowest BCUT2D eigenvalue weighted by Crippen LogP contribution is -2.38. The summed E-state index contributed by atoms with van der Waals surface area (Å²) in [5.41, 5.74) is 0.963. The first-order chi connectivity index (χ1) is 8.67. The molecule has 1 N–H and O–H groups in total. The Kier molecular flexibility index (Phi) is 4.98. The van der Waals surface area contributed by atoms with Crippen molar-refractivity contribution in [1.82, 2.24) is 10.2 Å². The van der Waals surface area contributed by atoms with Crippen molar-refractivity contribution in [3.05, 3.63) is 34.6 Å². The van der Waals surface area contributed by atoms with Gasteiger partial charge in [-0.25, -0.2) is 4.39 Å². The number of benzene rings is 1. The summed E-state index contributed by atoms with van der Waals surface area (Å²) in [5.74, 6) is 0.453. The zero-order valence-corrected chi connectivity index (χ0v) is 11.5. The van der Waals surface area contributed by atoms with E-state index in [1.165, 1.54) is 18.9 Å². The summed E-state index contributed by atoms with van der Waals surface area (Å²) in [5, 5.41) is 3.71. The molecule has 1 unspecified atom stereocenters. The summed E-state index contributed by atoms with van der Waals surface area (Å²) < 4.78 is 13.3. The van der Waals surface area contributed by atoms with Crippen LogP contribution < -0.4 is 5.32 Å². The molecule has 0 spiro atoms. The molecule has 1 aliphatic heterocycles. The number of hydrogen-bond donors (Lipinski definition) is 1. The van der Waals surface area contributed by atoms with Crippen molar-refractivity contribution in [2.45, 2.75) is 19.4 Å². The molecule has 18 heavy (non-hydrogen) atoms. The molecule has 2 nitrogen and oxygen atoms in total. The molecule has 4 heteroatoms. The van der Waals surface area contributed by atoms with Gasteiger partial charge in [-0.15, -0.1) is 0 Å². The lowest BCUT2D eigenvalue weighted by atomic mass is 9.97. The van der Waals surface area contributed by atoms with Crippen molar-refractivity contribution >= 4 is 11.6 Å². The van der Waals surface area contributed by atoms with E-state index < -0.39 is 0 Å². The highest BCUT2D eigenvalue weighted by Crippen LogP contribution is 2.20. The lowest BCUT2D eigenvalue weighted by molar-refractivity contribution is 0.166. The highest BCUT2D eigenvalue weighted by Gasteiger charge is 2.19. The van der Waals surface area contributed by atoms with E-state index >= 15 is 0 Å². The summed E-state index contributed by atoms with van der Waals surface area (Å²) in [7, 11) is 1.99. The fraction of sp³-hybridized carbons (Fsp3) is 0.571. The van der Waals surface area contributed by atoms with Gasteiger partial charge in [0.25, 0.3) is 0 Å². The number of nitrogens with zero attached hydrogens (tertiary/aromatic N) is 1. The van der Waals surface area contributed by atoms with Crippen LogP contribution in [0, 0.1) is 11.7 Å². The van der Waals surface area contributed by atoms with Gasteiger partial charge in [-0.3, -0.25) is 4.90 Å². The lowest BCUT2D eigenvalue weighted by Gasteiger charge is -2.32. The molecule has 0 aliphatic carbocycles. The second-order valence-corrected chi connectivity index (χ2v) is 5.52. The molecule has 1 aromatic rings. The summed E-state index contributed by atoms with van der Waals surface area (Å²) in [4.78, 5) is 2.39. The zero-order chi connectivity index (χ0) is 13.0. The third-order valence-corrected chi connectivity index (χ3v) is 3.64. The Hall–Kier alpha value is -0.640. The van der Waals surface area contributed by atoms with Crippen LogP contribution in [0.5, 0.6) is 0 Å². The molecule has 0 bridgehead atoms. The fourth-order valence-electron chi connectivity index (χ4n) is 2.71. The molecular formula is C14H20ClFN2. The molecule has 1 heterocycles. The van der Waals surface area contributed by atoms with E-state index in [0.717, 1.165) is 31.7 Å². The van der Waals surface area contributed by atoms with Gasteiger partial charge in [0.1, 0.15) is 5.82 Å². The molecule has 0 aromatic heterocycles. The standard InChI is InChI=1S/C14H20ClFN2/c1-17-8-11-3-2-4-18(9-11)10-12-5-13(15)7-14(16)6-12/h5-7,11,17H,2-4,8-10H2,1H3. The van der Waals surface area contributed by atoms with Crippen LogP contribution in [-0.2, 0) is 6.54 Å². The van der Waals surface area contributed by atoms with Gasteiger partial charge in [-0.1, -0.05) is 11.6 Å². The van der Waals surface area contributed by atoms with Crippen LogP contribution in [0.2, 0.25) is 5.02 Å². The quantitative estimate of drug-likeness (QED) is 0.905. The predicted molar refractivity (Wildman–Crippen MR) is 73.3 cm³/mol. The molecule has 1 aromatic carbocycles. The van der Waals surface area contributed by atoms with Gasteiger partial charge < -0.3 is 5.32 Å². The monoisotopic (exact) mass is 270 g/mol. The van der Waals surface area contributed by atoms with Crippen LogP contribution in [-0.4, -0.2) is 31.6 Å². The highest BCUT2D eigenvalue weighted by molar-refractivity contribution is 6.30. The largest absolute Gasteiger partial charge is 0.319 e. The number of rotatable bonds is 4. The number of hydrogen-bond acceptors (Lipinski definition) is 2. The Balaban J connectivity index is 1.95. The molecule has 1 atom stereocenters. The fourth-order valence-corrected chi connectivity index (χ4v) is 2.95. The average Bonchev–Trinajstić information content (AvgIpc) is 2.28. The molecular weight excluding hydrogens is 251 g/mol. The Morgan fingerprint density at radius 2 is 2.28 bits per heavy atom. The smallest absolute Gasteiger partial charge is 0.125 e. The minimum absolute atomic E-state index is 0.249. The van der Waals surface area contributed by atoms with Crippen molar-refractivity contribution in [3.8, 4) is 0 Å². The normalized spacial score (nSPS) is 21.2. The van der Waals surface area contributed by atoms with E-state index in [9.17, 15) is 4.39 Å². The van der Waals surface area contributed by atoms with Gasteiger partial charge in [0.2, 0.25) is 0 Å². The van der Waals surface area contributed by atoms with Crippen molar-refractivity contribution in [3.63, 3.8) is 0 Å². The minimum Gasteiger partial charge on any atom is -0.319 e. The van der Waals surface area contributed by atoms with Gasteiger partial charge in [0.05, 0.1) is 0 Å². The van der Waals surface area contributed by atoms with E-state index in [1.807, 2.05) is 13.1 Å². The number of nitrogens with one attached hydrogen (secondary N) is 1. The van der Waals surface area contributed by atoms with Crippen molar-refractivity contribution < 1.29 is 4.39 Å². The van der Waals surface area contributed by atoms with Gasteiger partial charge in [0, 0.05) is 18.1 Å². The SMILES string of the molecule is CNCC1CCCN(Cc2cc(F)cc(Cl)c2)C1. The molecule has 2 rings (SSSR count). The topological polar surface area (TPSA) is 15.3 Å². The summed E-state index contributed by atoms with van der Waals surface area (Å²) in [6.07, 6.45) is 2.50. The van der Waals surface area contributed by atoms with Crippen molar-refractivity contribution in [2.75, 3.05) is 26.7 Å². The molecule has 0 radical (unpaired) electrons.